The number of fused-ring (bicyclic) bond motifs is 1. The molecule has 94 valence electrons. The summed E-state index contributed by atoms with van der Waals surface area (Å²) in [6, 6.07) is 7.03. The van der Waals surface area contributed by atoms with E-state index < -0.39 is 0 Å². The van der Waals surface area contributed by atoms with E-state index in [4.69, 9.17) is 4.42 Å². The van der Waals surface area contributed by atoms with E-state index in [0.29, 0.717) is 6.04 Å². The number of rotatable bonds is 1. The molecule has 1 unspecified atom stereocenters. The lowest BCUT2D eigenvalue weighted by atomic mass is 9.99. The van der Waals surface area contributed by atoms with Crippen molar-refractivity contribution in [3.05, 3.63) is 47.4 Å². The van der Waals surface area contributed by atoms with Crippen LogP contribution >= 0.6 is 0 Å². The van der Waals surface area contributed by atoms with Crippen molar-refractivity contribution < 1.29 is 4.42 Å². The molecule has 3 nitrogen and oxygen atoms in total. The van der Waals surface area contributed by atoms with Crippen LogP contribution in [0.25, 0.3) is 0 Å². The topological polar surface area (TPSA) is 28.4 Å². The minimum atomic E-state index is 0.318. The number of nitrogens with zero attached hydrogens (tertiary/aromatic N) is 1. The van der Waals surface area contributed by atoms with Gasteiger partial charge < -0.3 is 14.6 Å². The SMILES string of the molecule is Cc1cc(C)cc(C2CN(C)c3cocc3N2)c1. The molecule has 1 aliphatic rings. The third kappa shape index (κ3) is 1.86. The van der Waals surface area contributed by atoms with E-state index in [1.165, 1.54) is 16.7 Å². The molecule has 1 aliphatic heterocycles. The van der Waals surface area contributed by atoms with Crippen LogP contribution in [0.15, 0.2) is 35.1 Å². The van der Waals surface area contributed by atoms with Crippen LogP contribution in [0.2, 0.25) is 0 Å². The Labute approximate surface area is 107 Å². The quantitative estimate of drug-likeness (QED) is 0.829. The fourth-order valence-electron chi connectivity index (χ4n) is 2.70. The molecular weight excluding hydrogens is 224 g/mol. The molecule has 0 aliphatic carbocycles. The van der Waals surface area contributed by atoms with Gasteiger partial charge in [0.15, 0.2) is 0 Å². The van der Waals surface area contributed by atoms with Crippen LogP contribution in [-0.2, 0) is 0 Å². The van der Waals surface area contributed by atoms with Crippen LogP contribution in [-0.4, -0.2) is 13.6 Å². The second-order valence-corrected chi connectivity index (χ2v) is 5.17. The first-order valence-corrected chi connectivity index (χ1v) is 6.25. The number of aryl methyl sites for hydroxylation is 2. The Morgan fingerprint density at radius 2 is 1.89 bits per heavy atom. The van der Waals surface area contributed by atoms with Crippen molar-refractivity contribution in [2.45, 2.75) is 19.9 Å². The van der Waals surface area contributed by atoms with Gasteiger partial charge in [0.1, 0.15) is 12.5 Å². The minimum Gasteiger partial charge on any atom is -0.468 e. The normalized spacial score (nSPS) is 18.4. The molecule has 0 saturated heterocycles. The van der Waals surface area contributed by atoms with Gasteiger partial charge in [0.05, 0.1) is 17.4 Å². The number of anilines is 2. The minimum absolute atomic E-state index is 0.318. The van der Waals surface area contributed by atoms with Crippen molar-refractivity contribution in [2.24, 2.45) is 0 Å². The van der Waals surface area contributed by atoms with E-state index >= 15 is 0 Å². The standard InChI is InChI=1S/C15H18N2O/c1-10-4-11(2)6-12(5-10)13-7-17(3)15-9-18-8-14(15)16-13/h4-6,8-9,13,16H,7H2,1-3H3. The van der Waals surface area contributed by atoms with Crippen LogP contribution in [0, 0.1) is 13.8 Å². The summed E-state index contributed by atoms with van der Waals surface area (Å²) in [4.78, 5) is 2.23. The van der Waals surface area contributed by atoms with E-state index in [0.717, 1.165) is 17.9 Å². The zero-order chi connectivity index (χ0) is 12.7. The Hall–Kier alpha value is -1.90. The van der Waals surface area contributed by atoms with E-state index in [2.05, 4.69) is 49.3 Å². The predicted octanol–water partition coefficient (Wildman–Crippen LogP) is 3.50. The second-order valence-electron chi connectivity index (χ2n) is 5.17. The van der Waals surface area contributed by atoms with Crippen LogP contribution in [0.4, 0.5) is 11.4 Å². The summed E-state index contributed by atoms with van der Waals surface area (Å²) in [5, 5.41) is 3.54. The van der Waals surface area contributed by atoms with Crippen molar-refractivity contribution in [3.8, 4) is 0 Å². The van der Waals surface area contributed by atoms with Gasteiger partial charge in [0.2, 0.25) is 0 Å². The summed E-state index contributed by atoms with van der Waals surface area (Å²) in [5.74, 6) is 0. The highest BCUT2D eigenvalue weighted by molar-refractivity contribution is 5.71. The molecule has 0 amide bonds. The van der Waals surface area contributed by atoms with Crippen molar-refractivity contribution in [2.75, 3.05) is 23.8 Å². The van der Waals surface area contributed by atoms with Gasteiger partial charge in [-0.25, -0.2) is 0 Å². The number of furan rings is 1. The molecule has 1 N–H and O–H groups in total. The summed E-state index contributed by atoms with van der Waals surface area (Å²) in [7, 11) is 2.10. The molecule has 0 fully saturated rings. The molecule has 0 radical (unpaired) electrons. The smallest absolute Gasteiger partial charge is 0.116 e. The molecule has 0 saturated carbocycles. The van der Waals surface area contributed by atoms with E-state index in [1.807, 2.05) is 0 Å². The van der Waals surface area contributed by atoms with E-state index in [1.54, 1.807) is 12.5 Å². The van der Waals surface area contributed by atoms with Crippen LogP contribution in [0.5, 0.6) is 0 Å². The number of benzene rings is 1. The van der Waals surface area contributed by atoms with Gasteiger partial charge >= 0.3 is 0 Å². The van der Waals surface area contributed by atoms with Gasteiger partial charge in [-0.2, -0.15) is 0 Å². The number of likely N-dealkylation sites (N-methyl/N-ethyl adjacent to an activating group) is 1. The largest absolute Gasteiger partial charge is 0.468 e. The molecular formula is C15H18N2O. The number of hydrogen-bond donors (Lipinski definition) is 1. The van der Waals surface area contributed by atoms with Crippen molar-refractivity contribution in [3.63, 3.8) is 0 Å². The van der Waals surface area contributed by atoms with Gasteiger partial charge in [-0.05, 0) is 19.4 Å². The summed E-state index contributed by atoms with van der Waals surface area (Å²) < 4.78 is 5.27. The Balaban J connectivity index is 1.95. The lowest BCUT2D eigenvalue weighted by molar-refractivity contribution is 0.568. The summed E-state index contributed by atoms with van der Waals surface area (Å²) in [5.41, 5.74) is 6.18. The number of nitrogens with one attached hydrogen (secondary N) is 1. The maximum absolute atomic E-state index is 5.27. The molecule has 1 aromatic carbocycles. The summed E-state index contributed by atoms with van der Waals surface area (Å²) in [6.07, 6.45) is 3.57. The second kappa shape index (κ2) is 4.09. The van der Waals surface area contributed by atoms with Crippen LogP contribution in [0.1, 0.15) is 22.7 Å². The maximum Gasteiger partial charge on any atom is 0.116 e. The Bertz CT molecular complexity index is 553. The first kappa shape index (κ1) is 11.2. The van der Waals surface area contributed by atoms with Crippen molar-refractivity contribution in [1.82, 2.24) is 0 Å². The van der Waals surface area contributed by atoms with Gasteiger partial charge in [-0.15, -0.1) is 0 Å². The third-order valence-electron chi connectivity index (χ3n) is 3.49. The molecule has 2 aromatic rings. The highest BCUT2D eigenvalue weighted by Crippen LogP contribution is 2.35. The molecule has 1 aromatic heterocycles. The number of hydrogen-bond acceptors (Lipinski definition) is 3. The molecule has 2 heterocycles. The molecule has 3 heteroatoms. The first-order chi connectivity index (χ1) is 8.63. The zero-order valence-electron chi connectivity index (χ0n) is 11.0. The fourth-order valence-corrected chi connectivity index (χ4v) is 2.70. The van der Waals surface area contributed by atoms with Gasteiger partial charge in [-0.3, -0.25) is 0 Å². The van der Waals surface area contributed by atoms with Crippen molar-refractivity contribution >= 4 is 11.4 Å². The average molecular weight is 242 g/mol. The zero-order valence-corrected chi connectivity index (χ0v) is 11.0. The van der Waals surface area contributed by atoms with Gasteiger partial charge in [0, 0.05) is 13.6 Å². The van der Waals surface area contributed by atoms with Gasteiger partial charge in [-0.1, -0.05) is 29.3 Å². The first-order valence-electron chi connectivity index (χ1n) is 6.25. The Kier molecular flexibility index (Phi) is 2.54. The van der Waals surface area contributed by atoms with Gasteiger partial charge in [0.25, 0.3) is 0 Å². The highest BCUT2D eigenvalue weighted by Gasteiger charge is 2.24. The third-order valence-corrected chi connectivity index (χ3v) is 3.49. The molecule has 0 spiro atoms. The highest BCUT2D eigenvalue weighted by atomic mass is 16.3. The average Bonchev–Trinajstić information content (AvgIpc) is 2.76. The predicted molar refractivity (Wildman–Crippen MR) is 74.3 cm³/mol. The van der Waals surface area contributed by atoms with Crippen molar-refractivity contribution in [1.29, 1.82) is 0 Å². The maximum atomic E-state index is 5.27. The lowest BCUT2D eigenvalue weighted by Gasteiger charge is -2.32. The Morgan fingerprint density at radius 1 is 1.17 bits per heavy atom. The monoisotopic (exact) mass is 242 g/mol. The Morgan fingerprint density at radius 3 is 2.61 bits per heavy atom. The summed E-state index contributed by atoms with van der Waals surface area (Å²) >= 11 is 0. The van der Waals surface area contributed by atoms with Crippen LogP contribution in [0.3, 0.4) is 0 Å². The summed E-state index contributed by atoms with van der Waals surface area (Å²) in [6.45, 7) is 5.24. The lowest BCUT2D eigenvalue weighted by Crippen LogP contribution is -2.33. The molecule has 0 bridgehead atoms. The molecule has 1 atom stereocenters. The van der Waals surface area contributed by atoms with E-state index in [-0.39, 0.29) is 0 Å². The molecule has 18 heavy (non-hydrogen) atoms. The van der Waals surface area contributed by atoms with E-state index in [9.17, 15) is 0 Å². The molecule has 3 rings (SSSR count). The fraction of sp³-hybridized carbons (Fsp3) is 0.333. The van der Waals surface area contributed by atoms with Crippen LogP contribution < -0.4 is 10.2 Å².